The van der Waals surface area contributed by atoms with Gasteiger partial charge in [-0.2, -0.15) is 0 Å². The molecule has 0 fully saturated rings. The number of hydrogen-bond donors (Lipinski definition) is 1. The predicted octanol–water partition coefficient (Wildman–Crippen LogP) is 3.19. The van der Waals surface area contributed by atoms with Crippen LogP contribution in [0.25, 0.3) is 0 Å². The molecule has 0 bridgehead atoms. The zero-order valence-corrected chi connectivity index (χ0v) is 14.2. The molecule has 0 amide bonds. The minimum Gasteiger partial charge on any atom is -0.492 e. The first-order valence-electron chi connectivity index (χ1n) is 7.55. The second-order valence-electron chi connectivity index (χ2n) is 5.46. The number of nitrogens with one attached hydrogen (secondary N) is 1. The summed E-state index contributed by atoms with van der Waals surface area (Å²) in [5.41, 5.74) is 2.72. The molecule has 1 aliphatic rings. The van der Waals surface area contributed by atoms with Crippen molar-refractivity contribution >= 4 is 21.6 Å². The fraction of sp³-hybridized carbons (Fsp3) is 0.294. The molecule has 3 rings (SSSR count). The van der Waals surface area contributed by atoms with Gasteiger partial charge in [0.2, 0.25) is 10.0 Å². The minimum atomic E-state index is -3.62. The zero-order chi connectivity index (χ0) is 16.3. The van der Waals surface area contributed by atoms with Crippen molar-refractivity contribution in [1.82, 2.24) is 4.72 Å². The lowest BCUT2D eigenvalue weighted by molar-refractivity contribution is 0.322. The third-order valence-corrected chi connectivity index (χ3v) is 5.82. The van der Waals surface area contributed by atoms with Crippen molar-refractivity contribution in [3.05, 3.63) is 58.6 Å². The number of hydrogen-bond acceptors (Lipinski definition) is 3. The van der Waals surface area contributed by atoms with Gasteiger partial charge >= 0.3 is 0 Å². The lowest BCUT2D eigenvalue weighted by Crippen LogP contribution is -2.28. The summed E-state index contributed by atoms with van der Waals surface area (Å²) < 4.78 is 32.5. The van der Waals surface area contributed by atoms with Crippen molar-refractivity contribution in [2.24, 2.45) is 0 Å². The van der Waals surface area contributed by atoms with Gasteiger partial charge in [-0.3, -0.25) is 0 Å². The Labute approximate surface area is 141 Å². The molecule has 23 heavy (non-hydrogen) atoms. The lowest BCUT2D eigenvalue weighted by Gasteiger charge is -2.10. The van der Waals surface area contributed by atoms with Crippen molar-refractivity contribution in [2.45, 2.75) is 24.2 Å². The van der Waals surface area contributed by atoms with E-state index in [0.29, 0.717) is 0 Å². The number of fused-ring (bicyclic) bond motifs is 1. The molecular weight excluding hydrogens is 334 g/mol. The van der Waals surface area contributed by atoms with Gasteiger partial charge in [0.05, 0.1) is 5.02 Å². The number of benzene rings is 2. The van der Waals surface area contributed by atoms with Crippen LogP contribution in [0, 0.1) is 0 Å². The third-order valence-electron chi connectivity index (χ3n) is 3.86. The average molecular weight is 352 g/mol. The van der Waals surface area contributed by atoms with Gasteiger partial charge in [0.25, 0.3) is 0 Å². The summed E-state index contributed by atoms with van der Waals surface area (Å²) in [7, 11) is -3.62. The molecule has 0 atom stereocenters. The molecule has 4 nitrogen and oxygen atoms in total. The summed E-state index contributed by atoms with van der Waals surface area (Å²) in [6.07, 6.45) is 3.41. The maximum Gasteiger partial charge on any atom is 0.242 e. The maximum absolute atomic E-state index is 12.2. The van der Waals surface area contributed by atoms with Gasteiger partial charge in [0.15, 0.2) is 0 Å². The van der Waals surface area contributed by atoms with Crippen LogP contribution in [-0.2, 0) is 22.9 Å². The van der Waals surface area contributed by atoms with Gasteiger partial charge in [-0.1, -0.05) is 29.8 Å². The SMILES string of the molecule is O=S(=O)(NCCOc1ccc2c(c1)CCC2)c1ccccc1Cl. The number of aryl methyl sites for hydroxylation is 2. The smallest absolute Gasteiger partial charge is 0.242 e. The quantitative estimate of drug-likeness (QED) is 0.813. The monoisotopic (exact) mass is 351 g/mol. The first-order chi connectivity index (χ1) is 11.1. The van der Waals surface area contributed by atoms with Crippen LogP contribution in [-0.4, -0.2) is 21.6 Å². The van der Waals surface area contributed by atoms with Crippen LogP contribution in [0.1, 0.15) is 17.5 Å². The Balaban J connectivity index is 1.54. The van der Waals surface area contributed by atoms with Gasteiger partial charge in [0.1, 0.15) is 17.3 Å². The van der Waals surface area contributed by atoms with E-state index in [9.17, 15) is 8.42 Å². The van der Waals surface area contributed by atoms with Crippen molar-refractivity contribution in [1.29, 1.82) is 0 Å². The van der Waals surface area contributed by atoms with Crippen LogP contribution in [0.4, 0.5) is 0 Å². The van der Waals surface area contributed by atoms with Crippen LogP contribution in [0.2, 0.25) is 5.02 Å². The predicted molar refractivity (Wildman–Crippen MR) is 90.6 cm³/mol. The minimum absolute atomic E-state index is 0.0826. The highest BCUT2D eigenvalue weighted by atomic mass is 35.5. The molecule has 0 heterocycles. The summed E-state index contributed by atoms with van der Waals surface area (Å²) in [5.74, 6) is 0.780. The molecule has 1 aliphatic carbocycles. The molecule has 0 spiro atoms. The molecule has 0 aliphatic heterocycles. The van der Waals surface area contributed by atoms with Crippen molar-refractivity contribution in [3.63, 3.8) is 0 Å². The average Bonchev–Trinajstić information content (AvgIpc) is 2.99. The highest BCUT2D eigenvalue weighted by molar-refractivity contribution is 7.89. The second kappa shape index (κ2) is 6.91. The van der Waals surface area contributed by atoms with E-state index in [-0.39, 0.29) is 23.1 Å². The Bertz CT molecular complexity index is 805. The molecule has 2 aromatic carbocycles. The normalized spacial score (nSPS) is 13.8. The van der Waals surface area contributed by atoms with Crippen molar-refractivity contribution < 1.29 is 13.2 Å². The summed E-state index contributed by atoms with van der Waals surface area (Å²) in [6, 6.07) is 12.4. The Morgan fingerprint density at radius 1 is 1.09 bits per heavy atom. The fourth-order valence-corrected chi connectivity index (χ4v) is 4.25. The summed E-state index contributed by atoms with van der Waals surface area (Å²) in [5, 5.41) is 0.208. The number of halogens is 1. The molecule has 1 N–H and O–H groups in total. The fourth-order valence-electron chi connectivity index (χ4n) is 2.72. The number of ether oxygens (including phenoxy) is 1. The van der Waals surface area contributed by atoms with E-state index in [1.165, 1.54) is 23.6 Å². The first kappa shape index (κ1) is 16.3. The molecule has 0 saturated carbocycles. The zero-order valence-electron chi connectivity index (χ0n) is 12.6. The number of rotatable bonds is 6. The summed E-state index contributed by atoms with van der Waals surface area (Å²) in [6.45, 7) is 0.451. The molecule has 0 radical (unpaired) electrons. The molecule has 0 unspecified atom stereocenters. The topological polar surface area (TPSA) is 55.4 Å². The van der Waals surface area contributed by atoms with Crippen molar-refractivity contribution in [2.75, 3.05) is 13.2 Å². The lowest BCUT2D eigenvalue weighted by atomic mass is 10.1. The van der Waals surface area contributed by atoms with E-state index < -0.39 is 10.0 Å². The van der Waals surface area contributed by atoms with Gasteiger partial charge in [-0.05, 0) is 54.7 Å². The van der Waals surface area contributed by atoms with Crippen molar-refractivity contribution in [3.8, 4) is 5.75 Å². The van der Waals surface area contributed by atoms with Gasteiger partial charge in [-0.15, -0.1) is 0 Å². The van der Waals surface area contributed by atoms with E-state index in [0.717, 1.165) is 18.6 Å². The Morgan fingerprint density at radius 3 is 2.70 bits per heavy atom. The van der Waals surface area contributed by atoms with E-state index in [1.807, 2.05) is 12.1 Å². The van der Waals surface area contributed by atoms with Gasteiger partial charge in [0, 0.05) is 6.54 Å². The molecule has 6 heteroatoms. The molecule has 2 aromatic rings. The van der Waals surface area contributed by atoms with Crippen LogP contribution in [0.15, 0.2) is 47.4 Å². The molecule has 0 saturated heterocycles. The molecule has 0 aromatic heterocycles. The Kier molecular flexibility index (Phi) is 4.90. The van der Waals surface area contributed by atoms with E-state index in [1.54, 1.807) is 18.2 Å². The van der Waals surface area contributed by atoms with E-state index in [2.05, 4.69) is 10.8 Å². The highest BCUT2D eigenvalue weighted by Gasteiger charge is 2.16. The van der Waals surface area contributed by atoms with Crippen LogP contribution in [0.5, 0.6) is 5.75 Å². The summed E-state index contributed by atoms with van der Waals surface area (Å²) in [4.78, 5) is 0.0826. The molecule has 122 valence electrons. The van der Waals surface area contributed by atoms with Gasteiger partial charge < -0.3 is 4.74 Å². The van der Waals surface area contributed by atoms with Crippen LogP contribution >= 0.6 is 11.6 Å². The largest absolute Gasteiger partial charge is 0.492 e. The van der Waals surface area contributed by atoms with Crippen LogP contribution < -0.4 is 9.46 Å². The molecular formula is C17H18ClNO3S. The summed E-state index contributed by atoms with van der Waals surface area (Å²) >= 11 is 5.92. The Morgan fingerprint density at radius 2 is 1.87 bits per heavy atom. The standard InChI is InChI=1S/C17H18ClNO3S/c18-16-6-1-2-7-17(16)23(20,21)19-10-11-22-15-9-8-13-4-3-5-14(13)12-15/h1-2,6-9,12,19H,3-5,10-11H2. The van der Waals surface area contributed by atoms with Crippen LogP contribution in [0.3, 0.4) is 0 Å². The van der Waals surface area contributed by atoms with E-state index >= 15 is 0 Å². The Hall–Kier alpha value is -1.56. The maximum atomic E-state index is 12.2. The first-order valence-corrected chi connectivity index (χ1v) is 9.41. The second-order valence-corrected chi connectivity index (χ2v) is 7.60. The number of sulfonamides is 1. The van der Waals surface area contributed by atoms with Gasteiger partial charge in [-0.25, -0.2) is 13.1 Å². The third kappa shape index (κ3) is 3.86. The highest BCUT2D eigenvalue weighted by Crippen LogP contribution is 2.26. The van der Waals surface area contributed by atoms with E-state index in [4.69, 9.17) is 16.3 Å².